The summed E-state index contributed by atoms with van der Waals surface area (Å²) in [5.41, 5.74) is 4.37. The Labute approximate surface area is 204 Å². The molecule has 0 radical (unpaired) electrons. The topological polar surface area (TPSA) is 67.0 Å². The number of likely N-dealkylation sites (tertiary alicyclic amines) is 1. The van der Waals surface area contributed by atoms with Crippen molar-refractivity contribution in [1.82, 2.24) is 14.8 Å². The molecule has 1 aromatic heterocycles. The van der Waals surface area contributed by atoms with Gasteiger partial charge in [-0.25, -0.2) is 0 Å². The highest BCUT2D eigenvalue weighted by Gasteiger charge is 2.63. The third-order valence-corrected chi connectivity index (χ3v) is 8.54. The minimum atomic E-state index is -0.449. The van der Waals surface area contributed by atoms with E-state index in [0.717, 1.165) is 36.4 Å². The molecule has 1 aliphatic carbocycles. The molecule has 1 saturated heterocycles. The Balaban J connectivity index is 1.33. The van der Waals surface area contributed by atoms with Crippen LogP contribution < -0.4 is 9.47 Å². The van der Waals surface area contributed by atoms with Crippen LogP contribution in [0.5, 0.6) is 11.5 Å². The van der Waals surface area contributed by atoms with Gasteiger partial charge in [0.1, 0.15) is 6.04 Å². The van der Waals surface area contributed by atoms with Crippen molar-refractivity contribution in [1.29, 1.82) is 0 Å². The summed E-state index contributed by atoms with van der Waals surface area (Å²) >= 11 is 0. The van der Waals surface area contributed by atoms with Crippen molar-refractivity contribution >= 4 is 16.8 Å². The van der Waals surface area contributed by atoms with Gasteiger partial charge in [-0.1, -0.05) is 30.4 Å². The van der Waals surface area contributed by atoms with Crippen LogP contribution in [0, 0.1) is 0 Å². The van der Waals surface area contributed by atoms with Gasteiger partial charge in [-0.05, 0) is 47.7 Å². The molecule has 2 aromatic carbocycles. The van der Waals surface area contributed by atoms with Gasteiger partial charge in [0.2, 0.25) is 12.7 Å². The number of aromatic amines is 1. The predicted molar refractivity (Wildman–Crippen MR) is 132 cm³/mol. The number of likely N-dealkylation sites (N-methyl/N-ethyl adjacent to an activating group) is 1. The van der Waals surface area contributed by atoms with Crippen LogP contribution >= 0.6 is 0 Å². The van der Waals surface area contributed by atoms with E-state index >= 15 is 0 Å². The molecular formula is C28H29N3O4. The molecule has 4 aliphatic rings. The molecule has 3 aromatic rings. The van der Waals surface area contributed by atoms with Crippen LogP contribution in [0.25, 0.3) is 10.9 Å². The van der Waals surface area contributed by atoms with Crippen LogP contribution in [0.1, 0.15) is 23.1 Å². The summed E-state index contributed by atoms with van der Waals surface area (Å²) in [6, 6.07) is 12.4. The van der Waals surface area contributed by atoms with Crippen molar-refractivity contribution in [2.45, 2.75) is 43.0 Å². The van der Waals surface area contributed by atoms with Crippen LogP contribution in [-0.4, -0.2) is 66.4 Å². The number of H-pyrrole nitrogens is 1. The SMILES string of the molecule is CO[C@@H]1C=C[C@@]23c4cc5c(cc4CN(CCc4c[nH]c6ccccc46)[C@@H]2C(=O)N(C)[C@H]3C1)OCO5. The van der Waals surface area contributed by atoms with Crippen molar-refractivity contribution in [2.75, 3.05) is 27.5 Å². The largest absolute Gasteiger partial charge is 0.454 e. The van der Waals surface area contributed by atoms with Crippen LogP contribution in [0.15, 0.2) is 54.7 Å². The number of benzene rings is 2. The molecule has 0 bridgehead atoms. The number of nitrogens with one attached hydrogen (secondary N) is 1. The molecule has 4 heterocycles. The maximum atomic E-state index is 13.9. The van der Waals surface area contributed by atoms with Crippen molar-refractivity contribution in [3.63, 3.8) is 0 Å². The minimum Gasteiger partial charge on any atom is -0.454 e. The summed E-state index contributed by atoms with van der Waals surface area (Å²) in [6.45, 7) is 1.73. The van der Waals surface area contributed by atoms with E-state index in [1.54, 1.807) is 7.11 Å². The first-order chi connectivity index (χ1) is 17.1. The molecule has 0 saturated carbocycles. The number of nitrogens with zero attached hydrogens (tertiary/aromatic N) is 2. The Morgan fingerprint density at radius 2 is 2.03 bits per heavy atom. The van der Waals surface area contributed by atoms with Gasteiger partial charge in [0.15, 0.2) is 11.5 Å². The first-order valence-corrected chi connectivity index (χ1v) is 12.3. The van der Waals surface area contributed by atoms with E-state index in [2.05, 4.69) is 58.6 Å². The fourth-order valence-corrected chi connectivity index (χ4v) is 6.86. The number of para-hydroxylation sites is 1. The lowest BCUT2D eigenvalue weighted by Gasteiger charge is -2.48. The standard InChI is InChI=1S/C28H29N3O4/c1-30-25-12-19(33-2)7-9-28(25)21-13-24-23(34-16-35-24)11-18(21)15-31(26(28)27(30)32)10-8-17-14-29-22-6-4-3-5-20(17)22/h3-7,9,11,13-14,19,25-26,29H,8,10,12,15-16H2,1-2H3/t19-,25+,26-,28+/m1/s1. The summed E-state index contributed by atoms with van der Waals surface area (Å²) in [4.78, 5) is 21.6. The monoisotopic (exact) mass is 471 g/mol. The zero-order chi connectivity index (χ0) is 23.7. The zero-order valence-electron chi connectivity index (χ0n) is 20.0. The van der Waals surface area contributed by atoms with Crippen molar-refractivity contribution in [3.05, 3.63) is 71.4 Å². The van der Waals surface area contributed by atoms with Gasteiger partial charge in [0, 0.05) is 50.4 Å². The Morgan fingerprint density at radius 1 is 1.20 bits per heavy atom. The second-order valence-corrected chi connectivity index (χ2v) is 10.1. The molecular weight excluding hydrogens is 442 g/mol. The fourth-order valence-electron chi connectivity index (χ4n) is 6.86. The lowest BCUT2D eigenvalue weighted by molar-refractivity contribution is -0.132. The number of methoxy groups -OCH3 is 1. The lowest BCUT2D eigenvalue weighted by Crippen LogP contribution is -2.58. The molecule has 7 heteroatoms. The summed E-state index contributed by atoms with van der Waals surface area (Å²) < 4.78 is 17.2. The maximum Gasteiger partial charge on any atom is 0.241 e. The number of carbonyl (C=O) groups excluding carboxylic acids is 1. The van der Waals surface area contributed by atoms with E-state index in [-0.39, 0.29) is 30.9 Å². The van der Waals surface area contributed by atoms with Crippen LogP contribution in [0.4, 0.5) is 0 Å². The molecule has 35 heavy (non-hydrogen) atoms. The number of aromatic nitrogens is 1. The molecule has 3 aliphatic heterocycles. The van der Waals surface area contributed by atoms with Gasteiger partial charge < -0.3 is 24.1 Å². The zero-order valence-corrected chi connectivity index (χ0v) is 20.0. The number of rotatable bonds is 4. The summed E-state index contributed by atoms with van der Waals surface area (Å²) in [5, 5.41) is 1.25. The van der Waals surface area contributed by atoms with E-state index in [0.29, 0.717) is 6.54 Å². The van der Waals surface area contributed by atoms with E-state index in [4.69, 9.17) is 14.2 Å². The lowest BCUT2D eigenvalue weighted by atomic mass is 9.63. The van der Waals surface area contributed by atoms with Gasteiger partial charge in [0.25, 0.3) is 0 Å². The predicted octanol–water partition coefficient (Wildman–Crippen LogP) is 3.38. The van der Waals surface area contributed by atoms with E-state index in [1.165, 1.54) is 22.1 Å². The normalized spacial score (nSPS) is 28.9. The summed E-state index contributed by atoms with van der Waals surface area (Å²) in [5.74, 6) is 1.74. The van der Waals surface area contributed by atoms with E-state index in [9.17, 15) is 4.79 Å². The number of carbonyl (C=O) groups is 1. The van der Waals surface area contributed by atoms with E-state index in [1.807, 2.05) is 18.0 Å². The molecule has 1 amide bonds. The van der Waals surface area contributed by atoms with Gasteiger partial charge in [0.05, 0.1) is 11.5 Å². The summed E-state index contributed by atoms with van der Waals surface area (Å²) in [6.07, 6.45) is 8.14. The fraction of sp³-hybridized carbons (Fsp3) is 0.393. The Kier molecular flexibility index (Phi) is 4.57. The van der Waals surface area contributed by atoms with Crippen molar-refractivity contribution in [2.24, 2.45) is 0 Å². The number of hydrogen-bond donors (Lipinski definition) is 1. The van der Waals surface area contributed by atoms with Crippen molar-refractivity contribution < 1.29 is 19.0 Å². The average Bonchev–Trinajstić information content (AvgIpc) is 3.57. The number of ether oxygens (including phenoxy) is 3. The second-order valence-electron chi connectivity index (χ2n) is 10.1. The third kappa shape index (κ3) is 2.88. The molecule has 0 unspecified atom stereocenters. The van der Waals surface area contributed by atoms with Gasteiger partial charge in [-0.15, -0.1) is 0 Å². The molecule has 1 spiro atoms. The van der Waals surface area contributed by atoms with Gasteiger partial charge in [-0.2, -0.15) is 0 Å². The number of amides is 1. The Bertz CT molecular complexity index is 1360. The summed E-state index contributed by atoms with van der Waals surface area (Å²) in [7, 11) is 3.69. The quantitative estimate of drug-likeness (QED) is 0.591. The molecule has 7 nitrogen and oxygen atoms in total. The first kappa shape index (κ1) is 21.0. The van der Waals surface area contributed by atoms with Crippen LogP contribution in [0.3, 0.4) is 0 Å². The highest BCUT2D eigenvalue weighted by Crippen LogP contribution is 2.54. The van der Waals surface area contributed by atoms with Gasteiger partial charge in [-0.3, -0.25) is 9.69 Å². The Morgan fingerprint density at radius 3 is 2.89 bits per heavy atom. The highest BCUT2D eigenvalue weighted by atomic mass is 16.7. The van der Waals surface area contributed by atoms with E-state index < -0.39 is 5.41 Å². The first-order valence-electron chi connectivity index (χ1n) is 12.3. The van der Waals surface area contributed by atoms with Gasteiger partial charge >= 0.3 is 0 Å². The highest BCUT2D eigenvalue weighted by molar-refractivity contribution is 5.90. The number of fused-ring (bicyclic) bond motifs is 3. The van der Waals surface area contributed by atoms with Crippen LogP contribution in [-0.2, 0) is 27.9 Å². The average molecular weight is 472 g/mol. The molecule has 180 valence electrons. The molecule has 4 atom stereocenters. The molecule has 7 rings (SSSR count). The van der Waals surface area contributed by atoms with Crippen molar-refractivity contribution in [3.8, 4) is 11.5 Å². The smallest absolute Gasteiger partial charge is 0.241 e. The second kappa shape index (κ2) is 7.60. The Hall–Kier alpha value is -3.29. The number of hydrogen-bond acceptors (Lipinski definition) is 5. The maximum absolute atomic E-state index is 13.9. The molecule has 1 fully saturated rings. The molecule has 1 N–H and O–H groups in total. The minimum absolute atomic E-state index is 0.00122. The van der Waals surface area contributed by atoms with Crippen LogP contribution in [0.2, 0.25) is 0 Å². The third-order valence-electron chi connectivity index (χ3n) is 8.54.